The molecule has 1 aromatic carbocycles. The molecule has 0 amide bonds. The summed E-state index contributed by atoms with van der Waals surface area (Å²) in [5.74, 6) is 0.987. The minimum Gasteiger partial charge on any atom is -0.454 e. The molecular weight excluding hydrogens is 294 g/mol. The summed E-state index contributed by atoms with van der Waals surface area (Å²) in [6.45, 7) is -0.648. The lowest BCUT2D eigenvalue weighted by molar-refractivity contribution is -0.0504. The maximum Gasteiger partial charge on any atom is 0.387 e. The Bertz CT molecular complexity index is 680. The number of fused-ring (bicyclic) bond motifs is 1. The average Bonchev–Trinajstić information content (AvgIpc) is 2.91. The number of pyridine rings is 1. The fourth-order valence-corrected chi connectivity index (χ4v) is 2.16. The number of nitrogens with one attached hydrogen (secondary N) is 1. The van der Waals surface area contributed by atoms with E-state index in [0.717, 1.165) is 11.4 Å². The predicted molar refractivity (Wildman–Crippen MR) is 75.5 cm³/mol. The van der Waals surface area contributed by atoms with Gasteiger partial charge in [0.15, 0.2) is 11.5 Å². The van der Waals surface area contributed by atoms with Gasteiger partial charge in [-0.15, -0.1) is 0 Å². The van der Waals surface area contributed by atoms with Gasteiger partial charge in [-0.05, 0) is 25.1 Å². The largest absolute Gasteiger partial charge is 0.454 e. The van der Waals surface area contributed by atoms with Gasteiger partial charge >= 0.3 is 6.61 Å². The van der Waals surface area contributed by atoms with Gasteiger partial charge in [0.25, 0.3) is 0 Å². The first-order chi connectivity index (χ1) is 10.6. The van der Waals surface area contributed by atoms with Crippen LogP contribution in [0.5, 0.6) is 17.2 Å². The van der Waals surface area contributed by atoms with Gasteiger partial charge in [0.2, 0.25) is 6.79 Å². The molecular formula is C15H14F2N2O3. The van der Waals surface area contributed by atoms with Crippen molar-refractivity contribution in [3.8, 4) is 17.2 Å². The number of aromatic nitrogens is 1. The lowest BCUT2D eigenvalue weighted by atomic mass is 10.1. The van der Waals surface area contributed by atoms with Crippen LogP contribution in [0.25, 0.3) is 0 Å². The van der Waals surface area contributed by atoms with Crippen LogP contribution < -0.4 is 19.5 Å². The molecule has 0 unspecified atom stereocenters. The first kappa shape index (κ1) is 14.4. The Kier molecular flexibility index (Phi) is 3.95. The molecule has 1 aromatic heterocycles. The molecule has 2 heterocycles. The summed E-state index contributed by atoms with van der Waals surface area (Å²) < 4.78 is 40.1. The third-order valence-corrected chi connectivity index (χ3v) is 3.15. The van der Waals surface area contributed by atoms with Gasteiger partial charge in [0, 0.05) is 35.8 Å². The van der Waals surface area contributed by atoms with E-state index in [1.807, 2.05) is 13.0 Å². The number of ether oxygens (including phenoxy) is 3. The van der Waals surface area contributed by atoms with E-state index in [2.05, 4.69) is 15.0 Å². The first-order valence-electron chi connectivity index (χ1n) is 6.65. The summed E-state index contributed by atoms with van der Waals surface area (Å²) in [6.07, 6.45) is 1.67. The van der Waals surface area contributed by atoms with Crippen LogP contribution >= 0.6 is 0 Å². The molecule has 0 saturated heterocycles. The van der Waals surface area contributed by atoms with Crippen molar-refractivity contribution in [2.75, 3.05) is 12.1 Å². The first-order valence-corrected chi connectivity index (χ1v) is 6.65. The smallest absolute Gasteiger partial charge is 0.387 e. The van der Waals surface area contributed by atoms with E-state index in [-0.39, 0.29) is 12.5 Å². The van der Waals surface area contributed by atoms with Gasteiger partial charge in [0.05, 0.1) is 0 Å². The minimum atomic E-state index is -2.90. The Balaban J connectivity index is 1.82. The van der Waals surface area contributed by atoms with Crippen molar-refractivity contribution in [3.05, 3.63) is 41.7 Å². The van der Waals surface area contributed by atoms with Gasteiger partial charge in [0.1, 0.15) is 5.75 Å². The van der Waals surface area contributed by atoms with Crippen LogP contribution in [-0.4, -0.2) is 18.4 Å². The zero-order chi connectivity index (χ0) is 15.5. The molecule has 0 fully saturated rings. The fourth-order valence-electron chi connectivity index (χ4n) is 2.16. The molecule has 0 spiro atoms. The molecule has 0 radical (unpaired) electrons. The van der Waals surface area contributed by atoms with Crippen molar-refractivity contribution in [2.45, 2.75) is 20.1 Å². The Morgan fingerprint density at radius 1 is 1.27 bits per heavy atom. The number of rotatable bonds is 5. The third-order valence-electron chi connectivity index (χ3n) is 3.15. The van der Waals surface area contributed by atoms with Crippen molar-refractivity contribution >= 4 is 5.69 Å². The van der Waals surface area contributed by atoms with Crippen LogP contribution in [-0.2, 0) is 6.54 Å². The van der Waals surface area contributed by atoms with Gasteiger partial charge < -0.3 is 19.5 Å². The number of halogens is 2. The Morgan fingerprint density at radius 2 is 2.05 bits per heavy atom. The maximum absolute atomic E-state index is 12.5. The van der Waals surface area contributed by atoms with Crippen LogP contribution in [0, 0.1) is 6.92 Å². The van der Waals surface area contributed by atoms with Gasteiger partial charge in [-0.25, -0.2) is 0 Å². The molecule has 1 aliphatic rings. The van der Waals surface area contributed by atoms with E-state index in [1.165, 1.54) is 6.07 Å². The molecule has 0 atom stereocenters. The number of aryl methyl sites for hydroxylation is 1. The van der Waals surface area contributed by atoms with Crippen molar-refractivity contribution in [1.82, 2.24) is 4.98 Å². The van der Waals surface area contributed by atoms with Crippen molar-refractivity contribution in [2.24, 2.45) is 0 Å². The predicted octanol–water partition coefficient (Wildman–Crippen LogP) is 3.33. The fraction of sp³-hybridized carbons (Fsp3) is 0.267. The van der Waals surface area contributed by atoms with E-state index in [1.54, 1.807) is 18.3 Å². The zero-order valence-electron chi connectivity index (χ0n) is 11.8. The van der Waals surface area contributed by atoms with Crippen molar-refractivity contribution in [1.29, 1.82) is 0 Å². The maximum atomic E-state index is 12.5. The lowest BCUT2D eigenvalue weighted by Crippen LogP contribution is -2.07. The average molecular weight is 308 g/mol. The normalized spacial score (nSPS) is 12.5. The van der Waals surface area contributed by atoms with Crippen LogP contribution in [0.15, 0.2) is 30.5 Å². The van der Waals surface area contributed by atoms with Gasteiger partial charge in [-0.3, -0.25) is 4.98 Å². The highest BCUT2D eigenvalue weighted by Gasteiger charge is 2.19. The number of nitrogens with zero attached hydrogens (tertiary/aromatic N) is 1. The molecule has 0 saturated carbocycles. The van der Waals surface area contributed by atoms with Gasteiger partial charge in [-0.2, -0.15) is 8.78 Å². The number of alkyl halides is 2. The molecule has 116 valence electrons. The molecule has 3 rings (SSSR count). The van der Waals surface area contributed by atoms with E-state index in [0.29, 0.717) is 23.6 Å². The minimum absolute atomic E-state index is 0.0672. The van der Waals surface area contributed by atoms with E-state index in [9.17, 15) is 8.78 Å². The van der Waals surface area contributed by atoms with E-state index < -0.39 is 6.61 Å². The number of benzene rings is 1. The number of anilines is 1. The van der Waals surface area contributed by atoms with Gasteiger partial charge in [-0.1, -0.05) is 0 Å². The second-order valence-electron chi connectivity index (χ2n) is 4.73. The summed E-state index contributed by atoms with van der Waals surface area (Å²) in [4.78, 5) is 4.10. The summed E-state index contributed by atoms with van der Waals surface area (Å²) in [5.41, 5.74) is 2.26. The molecule has 2 aromatic rings. The second kappa shape index (κ2) is 6.05. The standard InChI is InChI=1S/C15H14F2N2O3/c1-9-4-11(2-3-18-9)19-7-10-5-13-14(21-8-20-13)6-12(10)22-15(16)17/h2-6,15H,7-8H2,1H3,(H,18,19). The van der Waals surface area contributed by atoms with Crippen LogP contribution in [0.2, 0.25) is 0 Å². The van der Waals surface area contributed by atoms with Crippen molar-refractivity contribution < 1.29 is 23.0 Å². The SMILES string of the molecule is Cc1cc(NCc2cc3c(cc2OC(F)F)OCO3)ccn1. The van der Waals surface area contributed by atoms with Crippen LogP contribution in [0.3, 0.4) is 0 Å². The van der Waals surface area contributed by atoms with E-state index in [4.69, 9.17) is 9.47 Å². The molecule has 1 aliphatic heterocycles. The highest BCUT2D eigenvalue weighted by molar-refractivity contribution is 5.53. The van der Waals surface area contributed by atoms with Crippen molar-refractivity contribution in [3.63, 3.8) is 0 Å². The summed E-state index contributed by atoms with van der Waals surface area (Å²) in [6, 6.07) is 6.72. The number of hydrogen-bond donors (Lipinski definition) is 1. The molecule has 1 N–H and O–H groups in total. The number of hydrogen-bond acceptors (Lipinski definition) is 5. The van der Waals surface area contributed by atoms with Crippen LogP contribution in [0.4, 0.5) is 14.5 Å². The summed E-state index contributed by atoms with van der Waals surface area (Å²) >= 11 is 0. The Labute approximate surface area is 125 Å². The monoisotopic (exact) mass is 308 g/mol. The Morgan fingerprint density at radius 3 is 2.77 bits per heavy atom. The zero-order valence-corrected chi connectivity index (χ0v) is 11.8. The molecule has 22 heavy (non-hydrogen) atoms. The molecule has 5 nitrogen and oxygen atoms in total. The quantitative estimate of drug-likeness (QED) is 0.918. The second-order valence-corrected chi connectivity index (χ2v) is 4.73. The molecule has 0 bridgehead atoms. The Hall–Kier alpha value is -2.57. The highest BCUT2D eigenvalue weighted by Crippen LogP contribution is 2.38. The lowest BCUT2D eigenvalue weighted by Gasteiger charge is -2.13. The third kappa shape index (κ3) is 3.19. The topological polar surface area (TPSA) is 52.6 Å². The highest BCUT2D eigenvalue weighted by atomic mass is 19.3. The molecule has 7 heteroatoms. The summed E-state index contributed by atoms with van der Waals surface area (Å²) in [5, 5.41) is 3.15. The summed E-state index contributed by atoms with van der Waals surface area (Å²) in [7, 11) is 0. The molecule has 0 aliphatic carbocycles. The van der Waals surface area contributed by atoms with E-state index >= 15 is 0 Å². The van der Waals surface area contributed by atoms with Crippen LogP contribution in [0.1, 0.15) is 11.3 Å².